The molecule has 0 unspecified atom stereocenters. The van der Waals surface area contributed by atoms with Crippen molar-refractivity contribution in [2.75, 3.05) is 6.26 Å². The van der Waals surface area contributed by atoms with Gasteiger partial charge in [-0.2, -0.15) is 0 Å². The van der Waals surface area contributed by atoms with Crippen molar-refractivity contribution in [3.05, 3.63) is 99.6 Å². The maximum atomic E-state index is 13.9. The number of aromatic hydroxyl groups is 1. The SMILES string of the molecule is Cc1cc(C(C)(C)C)c(O)c(C)c1Cn1c(=O)/c(=C/c2sccc2S(C)(=O)=O)s/c1=C\C(=O)c1ccc(C(C)(C)C)cc1. The second-order valence-electron chi connectivity index (χ2n) is 13.0. The molecule has 0 aliphatic rings. The minimum atomic E-state index is -3.49. The van der Waals surface area contributed by atoms with Gasteiger partial charge in [-0.1, -0.05) is 71.9 Å². The molecule has 0 aliphatic heterocycles. The van der Waals surface area contributed by atoms with Gasteiger partial charge in [0.2, 0.25) is 0 Å². The number of aryl methyl sites for hydroxylation is 1. The number of carbonyl (C=O) groups is 1. The van der Waals surface area contributed by atoms with Gasteiger partial charge in [-0.3, -0.25) is 14.2 Å². The van der Waals surface area contributed by atoms with Crippen LogP contribution in [-0.2, 0) is 27.2 Å². The fourth-order valence-corrected chi connectivity index (χ4v) is 8.19. The second kappa shape index (κ2) is 11.7. The third-order valence-electron chi connectivity index (χ3n) is 7.57. The highest BCUT2D eigenvalue weighted by molar-refractivity contribution is 7.91. The number of nitrogens with zero attached hydrogens (tertiary/aromatic N) is 1. The van der Waals surface area contributed by atoms with Gasteiger partial charge in [0.1, 0.15) is 10.4 Å². The predicted molar refractivity (Wildman–Crippen MR) is 178 cm³/mol. The Bertz CT molecular complexity index is 1990. The average Bonchev–Trinajstić information content (AvgIpc) is 3.48. The number of thiophene rings is 1. The van der Waals surface area contributed by atoms with Gasteiger partial charge in [-0.05, 0) is 70.0 Å². The van der Waals surface area contributed by atoms with Gasteiger partial charge in [0.25, 0.3) is 5.56 Å². The van der Waals surface area contributed by atoms with E-state index in [1.165, 1.54) is 28.0 Å². The number of aromatic nitrogens is 1. The van der Waals surface area contributed by atoms with Crippen molar-refractivity contribution >= 4 is 50.4 Å². The Kier molecular flexibility index (Phi) is 8.86. The van der Waals surface area contributed by atoms with Crippen LogP contribution in [0.1, 0.15) is 84.6 Å². The Hall–Kier alpha value is -3.27. The summed E-state index contributed by atoms with van der Waals surface area (Å²) in [4.78, 5) is 28.0. The molecule has 43 heavy (non-hydrogen) atoms. The van der Waals surface area contributed by atoms with Crippen LogP contribution in [0.5, 0.6) is 5.75 Å². The van der Waals surface area contributed by atoms with Crippen molar-refractivity contribution in [1.29, 1.82) is 0 Å². The van der Waals surface area contributed by atoms with E-state index in [0.717, 1.165) is 39.8 Å². The van der Waals surface area contributed by atoms with E-state index in [2.05, 4.69) is 20.8 Å². The maximum Gasteiger partial charge on any atom is 0.269 e. The van der Waals surface area contributed by atoms with Crippen LogP contribution in [-0.4, -0.2) is 30.1 Å². The minimum Gasteiger partial charge on any atom is -0.507 e. The lowest BCUT2D eigenvalue weighted by molar-refractivity contribution is 0.106. The molecule has 2 heterocycles. The molecule has 0 amide bonds. The number of phenolic OH excluding ortho intramolecular Hbond substituents is 1. The lowest BCUT2D eigenvalue weighted by Gasteiger charge is -2.24. The van der Waals surface area contributed by atoms with Gasteiger partial charge < -0.3 is 5.11 Å². The molecule has 0 saturated carbocycles. The predicted octanol–water partition coefficient (Wildman–Crippen LogP) is 5.83. The molecule has 2 aromatic carbocycles. The second-order valence-corrected chi connectivity index (χ2v) is 17.0. The molecule has 228 valence electrons. The Morgan fingerprint density at radius 1 is 1.00 bits per heavy atom. The number of phenols is 1. The zero-order valence-electron chi connectivity index (χ0n) is 26.2. The third kappa shape index (κ3) is 6.95. The minimum absolute atomic E-state index is 0.0549. The lowest BCUT2D eigenvalue weighted by atomic mass is 9.82. The number of benzene rings is 2. The zero-order chi connectivity index (χ0) is 32.1. The fourth-order valence-electron chi connectivity index (χ4n) is 4.95. The molecule has 9 heteroatoms. The van der Waals surface area contributed by atoms with Crippen molar-refractivity contribution in [3.8, 4) is 5.75 Å². The molecule has 6 nitrogen and oxygen atoms in total. The smallest absolute Gasteiger partial charge is 0.269 e. The van der Waals surface area contributed by atoms with E-state index in [1.807, 2.05) is 52.8 Å². The van der Waals surface area contributed by atoms with E-state index in [1.54, 1.807) is 23.6 Å². The largest absolute Gasteiger partial charge is 0.507 e. The first-order chi connectivity index (χ1) is 19.8. The third-order valence-corrected chi connectivity index (χ3v) is 10.8. The van der Waals surface area contributed by atoms with Crippen LogP contribution < -0.4 is 14.8 Å². The quantitative estimate of drug-likeness (QED) is 0.269. The molecule has 0 saturated heterocycles. The highest BCUT2D eigenvalue weighted by Crippen LogP contribution is 2.36. The van der Waals surface area contributed by atoms with Gasteiger partial charge >= 0.3 is 0 Å². The maximum absolute atomic E-state index is 13.9. The number of hydrogen-bond acceptors (Lipinski definition) is 7. The van der Waals surface area contributed by atoms with Crippen molar-refractivity contribution in [1.82, 2.24) is 4.57 Å². The van der Waals surface area contributed by atoms with E-state index in [-0.39, 0.29) is 39.4 Å². The standard InChI is InChI=1S/C34H39NO5S3/c1-20-16-25(34(6,7)8)31(37)21(2)24(20)19-35-30(17-26(36)22-10-12-23(13-11-22)33(3,4)5)42-28(32(35)38)18-27-29(14-15-41-27)43(9,39)40/h10-18,37H,19H2,1-9H3/b28-18-,30-17-. The van der Waals surface area contributed by atoms with Gasteiger partial charge in [0.05, 0.1) is 16.0 Å². The summed E-state index contributed by atoms with van der Waals surface area (Å²) >= 11 is 2.38. The Balaban J connectivity index is 1.93. The number of hydrogen-bond donors (Lipinski definition) is 1. The average molecular weight is 638 g/mol. The zero-order valence-corrected chi connectivity index (χ0v) is 28.6. The highest BCUT2D eigenvalue weighted by Gasteiger charge is 2.23. The summed E-state index contributed by atoms with van der Waals surface area (Å²) in [6, 6.07) is 11.0. The van der Waals surface area contributed by atoms with Crippen LogP contribution >= 0.6 is 22.7 Å². The number of rotatable bonds is 6. The van der Waals surface area contributed by atoms with Gasteiger partial charge in [0.15, 0.2) is 15.6 Å². The molecule has 4 rings (SSSR count). The van der Waals surface area contributed by atoms with Crippen molar-refractivity contribution in [2.45, 2.75) is 77.7 Å². The Morgan fingerprint density at radius 2 is 1.63 bits per heavy atom. The molecule has 2 aromatic heterocycles. The number of thiazole rings is 1. The van der Waals surface area contributed by atoms with Gasteiger partial charge in [0, 0.05) is 22.8 Å². The number of sulfone groups is 1. The normalized spacial score (nSPS) is 13.6. The molecular formula is C34H39NO5S3. The van der Waals surface area contributed by atoms with Crippen molar-refractivity contribution < 1.29 is 18.3 Å². The van der Waals surface area contributed by atoms with Crippen LogP contribution in [0.2, 0.25) is 0 Å². The Morgan fingerprint density at radius 3 is 2.19 bits per heavy atom. The first-order valence-electron chi connectivity index (χ1n) is 14.0. The van der Waals surface area contributed by atoms with Crippen LogP contribution in [0.15, 0.2) is 51.5 Å². The topological polar surface area (TPSA) is 93.4 Å². The summed E-state index contributed by atoms with van der Waals surface area (Å²) < 4.78 is 27.0. The van der Waals surface area contributed by atoms with Crippen LogP contribution in [0, 0.1) is 13.8 Å². The van der Waals surface area contributed by atoms with Gasteiger partial charge in [-0.15, -0.1) is 22.7 Å². The summed E-state index contributed by atoms with van der Waals surface area (Å²) in [6.07, 6.45) is 4.20. The number of carbonyl (C=O) groups excluding carboxylic acids is 1. The van der Waals surface area contributed by atoms with E-state index in [4.69, 9.17) is 0 Å². The first-order valence-corrected chi connectivity index (χ1v) is 17.6. The van der Waals surface area contributed by atoms with Crippen LogP contribution in [0.25, 0.3) is 12.2 Å². The van der Waals surface area contributed by atoms with E-state index in [0.29, 0.717) is 25.2 Å². The molecule has 4 aromatic rings. The van der Waals surface area contributed by atoms with E-state index in [9.17, 15) is 23.1 Å². The first kappa shape index (κ1) is 32.6. The summed E-state index contributed by atoms with van der Waals surface area (Å²) in [7, 11) is -3.49. The lowest BCUT2D eigenvalue weighted by Crippen LogP contribution is -2.32. The molecule has 0 radical (unpaired) electrons. The summed E-state index contributed by atoms with van der Waals surface area (Å²) in [5.41, 5.74) is 4.17. The highest BCUT2D eigenvalue weighted by atomic mass is 32.2. The molecule has 0 aliphatic carbocycles. The van der Waals surface area contributed by atoms with Gasteiger partial charge in [-0.25, -0.2) is 8.42 Å². The van der Waals surface area contributed by atoms with Crippen molar-refractivity contribution in [2.24, 2.45) is 0 Å². The van der Waals surface area contributed by atoms with E-state index < -0.39 is 9.84 Å². The van der Waals surface area contributed by atoms with Crippen LogP contribution in [0.3, 0.4) is 0 Å². The molecule has 0 bridgehead atoms. The molecule has 1 N–H and O–H groups in total. The van der Waals surface area contributed by atoms with Crippen LogP contribution in [0.4, 0.5) is 0 Å². The number of ketones is 1. The molecule has 0 atom stereocenters. The Labute approximate surface area is 261 Å². The summed E-state index contributed by atoms with van der Waals surface area (Å²) in [6.45, 7) is 16.4. The summed E-state index contributed by atoms with van der Waals surface area (Å²) in [5, 5.41) is 12.8. The number of Topliss-reactive ketones (excluding diaryl/α,β-unsaturated/α-hetero) is 1. The molecular weight excluding hydrogens is 599 g/mol. The monoisotopic (exact) mass is 637 g/mol. The molecule has 0 spiro atoms. The fraction of sp³-hybridized carbons (Fsp3) is 0.353. The summed E-state index contributed by atoms with van der Waals surface area (Å²) in [5.74, 6) is -0.0468. The van der Waals surface area contributed by atoms with E-state index >= 15 is 0 Å². The van der Waals surface area contributed by atoms with Crippen molar-refractivity contribution in [3.63, 3.8) is 0 Å². The molecule has 0 fully saturated rings.